The molecule has 1 aliphatic heterocycles. The van der Waals surface area contributed by atoms with E-state index in [1.807, 2.05) is 0 Å². The van der Waals surface area contributed by atoms with Gasteiger partial charge in [-0.3, -0.25) is 0 Å². The number of alkyl carbamates (subject to hydrolysis) is 1. The largest absolute Gasteiger partial charge is 0.447 e. The molecule has 2 aliphatic carbocycles. The predicted molar refractivity (Wildman–Crippen MR) is 51.8 cm³/mol. The summed E-state index contributed by atoms with van der Waals surface area (Å²) in [5.74, 6) is 1.42. The molecular formula is C11H17NO2. The molecular weight excluding hydrogens is 178 g/mol. The van der Waals surface area contributed by atoms with Gasteiger partial charge in [0.05, 0.1) is 5.54 Å². The number of cyclic esters (lactones) is 1. The van der Waals surface area contributed by atoms with Crippen molar-refractivity contribution in [3.8, 4) is 0 Å². The highest BCUT2D eigenvalue weighted by atomic mass is 16.6. The molecule has 3 aliphatic rings. The lowest BCUT2D eigenvalue weighted by molar-refractivity contribution is 0.0550. The van der Waals surface area contributed by atoms with Gasteiger partial charge in [0, 0.05) is 0 Å². The van der Waals surface area contributed by atoms with Crippen LogP contribution in [-0.4, -0.2) is 18.2 Å². The second-order valence-electron chi connectivity index (χ2n) is 5.60. The van der Waals surface area contributed by atoms with Crippen molar-refractivity contribution in [1.29, 1.82) is 0 Å². The third-order valence-electron chi connectivity index (χ3n) is 5.06. The van der Waals surface area contributed by atoms with E-state index in [9.17, 15) is 4.79 Å². The van der Waals surface area contributed by atoms with Gasteiger partial charge in [-0.1, -0.05) is 13.8 Å². The van der Waals surface area contributed by atoms with Crippen LogP contribution in [0.15, 0.2) is 0 Å². The van der Waals surface area contributed by atoms with Crippen molar-refractivity contribution in [1.82, 2.24) is 5.32 Å². The average Bonchev–Trinajstić information content (AvgIpc) is 2.72. The molecule has 78 valence electrons. The molecule has 3 atom stereocenters. The van der Waals surface area contributed by atoms with Crippen molar-refractivity contribution in [2.75, 3.05) is 6.61 Å². The fraction of sp³-hybridized carbons (Fsp3) is 0.909. The topological polar surface area (TPSA) is 38.3 Å². The first-order valence-corrected chi connectivity index (χ1v) is 5.51. The van der Waals surface area contributed by atoms with E-state index in [0.29, 0.717) is 12.5 Å². The Morgan fingerprint density at radius 3 is 2.57 bits per heavy atom. The number of hydrogen-bond donors (Lipinski definition) is 1. The van der Waals surface area contributed by atoms with Gasteiger partial charge in [0.1, 0.15) is 6.61 Å². The second kappa shape index (κ2) is 2.26. The van der Waals surface area contributed by atoms with Gasteiger partial charge >= 0.3 is 6.09 Å². The van der Waals surface area contributed by atoms with Gasteiger partial charge in [0.2, 0.25) is 0 Å². The minimum absolute atomic E-state index is 0.0486. The van der Waals surface area contributed by atoms with Gasteiger partial charge in [0.25, 0.3) is 0 Å². The Morgan fingerprint density at radius 1 is 1.36 bits per heavy atom. The van der Waals surface area contributed by atoms with Crippen LogP contribution in [0.2, 0.25) is 0 Å². The number of carbonyl (C=O) groups is 1. The van der Waals surface area contributed by atoms with E-state index in [4.69, 9.17) is 4.74 Å². The lowest BCUT2D eigenvalue weighted by Crippen LogP contribution is -2.58. The number of carbonyl (C=O) groups excluding carboxylic acids is 1. The molecule has 1 amide bonds. The van der Waals surface area contributed by atoms with Crippen LogP contribution in [0.1, 0.15) is 33.1 Å². The normalized spacial score (nSPS) is 48.3. The van der Waals surface area contributed by atoms with Crippen LogP contribution < -0.4 is 5.32 Å². The maximum absolute atomic E-state index is 11.2. The summed E-state index contributed by atoms with van der Waals surface area (Å²) in [6, 6.07) is 0. The lowest BCUT2D eigenvalue weighted by atomic mass is 9.64. The maximum atomic E-state index is 11.2. The summed E-state index contributed by atoms with van der Waals surface area (Å²) in [7, 11) is 0. The zero-order chi connectivity index (χ0) is 9.97. The van der Waals surface area contributed by atoms with Crippen molar-refractivity contribution in [3.05, 3.63) is 0 Å². The van der Waals surface area contributed by atoms with E-state index in [1.165, 1.54) is 19.3 Å². The highest BCUT2D eigenvalue weighted by Crippen LogP contribution is 2.62. The Labute approximate surface area is 84.2 Å². The maximum Gasteiger partial charge on any atom is 0.407 e. The summed E-state index contributed by atoms with van der Waals surface area (Å²) in [6.45, 7) is 5.15. The smallest absolute Gasteiger partial charge is 0.407 e. The number of fused-ring (bicyclic) bond motifs is 3. The summed E-state index contributed by atoms with van der Waals surface area (Å²) < 4.78 is 5.13. The molecule has 0 aromatic heterocycles. The molecule has 3 fully saturated rings. The highest BCUT2D eigenvalue weighted by molar-refractivity contribution is 5.71. The zero-order valence-corrected chi connectivity index (χ0v) is 8.80. The first kappa shape index (κ1) is 8.57. The Kier molecular flexibility index (Phi) is 1.38. The van der Waals surface area contributed by atoms with Crippen molar-refractivity contribution < 1.29 is 9.53 Å². The highest BCUT2D eigenvalue weighted by Gasteiger charge is 2.66. The number of amides is 1. The van der Waals surface area contributed by atoms with E-state index < -0.39 is 0 Å². The summed E-state index contributed by atoms with van der Waals surface area (Å²) >= 11 is 0. The van der Waals surface area contributed by atoms with Gasteiger partial charge in [-0.05, 0) is 36.5 Å². The SMILES string of the molecule is CC1(C)[C@H]2CC[C@@H](C2)[C@@]12COC(=O)N2. The molecule has 2 bridgehead atoms. The number of nitrogens with one attached hydrogen (secondary N) is 1. The standard InChI is InChI=1S/C11H17NO2/c1-10(2)7-3-4-8(5-7)11(10)6-14-9(13)12-11/h7-8H,3-6H2,1-2H3,(H,12,13)/t7-,8-,11-/m0/s1. The number of hydrogen-bond acceptors (Lipinski definition) is 2. The molecule has 1 heterocycles. The van der Waals surface area contributed by atoms with E-state index in [2.05, 4.69) is 19.2 Å². The third-order valence-corrected chi connectivity index (χ3v) is 5.06. The molecule has 1 spiro atoms. The van der Waals surface area contributed by atoms with E-state index in [0.717, 1.165) is 5.92 Å². The minimum Gasteiger partial charge on any atom is -0.447 e. The van der Waals surface area contributed by atoms with Crippen molar-refractivity contribution >= 4 is 6.09 Å². The van der Waals surface area contributed by atoms with Gasteiger partial charge in [-0.15, -0.1) is 0 Å². The Hall–Kier alpha value is -0.730. The quantitative estimate of drug-likeness (QED) is 0.641. The summed E-state index contributed by atoms with van der Waals surface area (Å²) in [4.78, 5) is 11.2. The fourth-order valence-electron chi connectivity index (χ4n) is 3.98. The molecule has 2 saturated carbocycles. The second-order valence-corrected chi connectivity index (χ2v) is 5.60. The number of rotatable bonds is 0. The van der Waals surface area contributed by atoms with Crippen LogP contribution in [0, 0.1) is 17.3 Å². The van der Waals surface area contributed by atoms with Crippen LogP contribution in [0.3, 0.4) is 0 Å². The molecule has 14 heavy (non-hydrogen) atoms. The molecule has 0 aromatic rings. The van der Waals surface area contributed by atoms with Crippen LogP contribution >= 0.6 is 0 Å². The Morgan fingerprint density at radius 2 is 2.07 bits per heavy atom. The molecule has 1 saturated heterocycles. The number of ether oxygens (including phenoxy) is 1. The average molecular weight is 195 g/mol. The van der Waals surface area contributed by atoms with Crippen molar-refractivity contribution in [3.63, 3.8) is 0 Å². The van der Waals surface area contributed by atoms with Crippen LogP contribution in [-0.2, 0) is 4.74 Å². The van der Waals surface area contributed by atoms with E-state index in [-0.39, 0.29) is 17.0 Å². The Bertz CT molecular complexity index is 300. The molecule has 0 radical (unpaired) electrons. The van der Waals surface area contributed by atoms with E-state index >= 15 is 0 Å². The molecule has 3 heteroatoms. The molecule has 0 aromatic carbocycles. The first-order chi connectivity index (χ1) is 6.56. The molecule has 1 N–H and O–H groups in total. The van der Waals surface area contributed by atoms with Crippen molar-refractivity contribution in [2.24, 2.45) is 17.3 Å². The van der Waals surface area contributed by atoms with Crippen LogP contribution in [0.5, 0.6) is 0 Å². The van der Waals surface area contributed by atoms with Gasteiger partial charge in [0.15, 0.2) is 0 Å². The fourth-order valence-corrected chi connectivity index (χ4v) is 3.98. The zero-order valence-electron chi connectivity index (χ0n) is 8.80. The van der Waals surface area contributed by atoms with Crippen LogP contribution in [0.4, 0.5) is 4.79 Å². The van der Waals surface area contributed by atoms with E-state index in [1.54, 1.807) is 0 Å². The lowest BCUT2D eigenvalue weighted by Gasteiger charge is -2.45. The molecule has 3 rings (SSSR count). The summed E-state index contributed by atoms with van der Waals surface area (Å²) in [5, 5.41) is 3.09. The Balaban J connectivity index is 2.02. The first-order valence-electron chi connectivity index (χ1n) is 5.51. The molecule has 0 unspecified atom stereocenters. The predicted octanol–water partition coefficient (Wildman–Crippen LogP) is 1.92. The molecule has 3 nitrogen and oxygen atoms in total. The minimum atomic E-state index is -0.217. The van der Waals surface area contributed by atoms with Gasteiger partial charge < -0.3 is 10.1 Å². The third kappa shape index (κ3) is 0.733. The van der Waals surface area contributed by atoms with Crippen LogP contribution in [0.25, 0.3) is 0 Å². The van der Waals surface area contributed by atoms with Gasteiger partial charge in [-0.25, -0.2) is 4.79 Å². The van der Waals surface area contributed by atoms with Crippen molar-refractivity contribution in [2.45, 2.75) is 38.6 Å². The summed E-state index contributed by atoms with van der Waals surface area (Å²) in [5.41, 5.74) is 0.162. The van der Waals surface area contributed by atoms with Gasteiger partial charge in [-0.2, -0.15) is 0 Å². The monoisotopic (exact) mass is 195 g/mol. The summed E-state index contributed by atoms with van der Waals surface area (Å²) in [6.07, 6.45) is 3.65.